The van der Waals surface area contributed by atoms with Crippen molar-refractivity contribution in [2.24, 2.45) is 0 Å². The lowest BCUT2D eigenvalue weighted by molar-refractivity contribution is 0.0727. The summed E-state index contributed by atoms with van der Waals surface area (Å²) in [6.45, 7) is 4.14. The quantitative estimate of drug-likeness (QED) is 0.618. The van der Waals surface area contributed by atoms with E-state index in [9.17, 15) is 5.11 Å². The van der Waals surface area contributed by atoms with Gasteiger partial charge in [0.2, 0.25) is 0 Å². The molecule has 2 atom stereocenters. The molecule has 2 heteroatoms. The molecule has 0 aliphatic carbocycles. The highest BCUT2D eigenvalue weighted by Gasteiger charge is 2.07. The van der Waals surface area contributed by atoms with Crippen LogP contribution < -0.4 is 0 Å². The van der Waals surface area contributed by atoms with Gasteiger partial charge in [0.1, 0.15) is 0 Å². The third-order valence-corrected chi connectivity index (χ3v) is 1.84. The molecule has 0 saturated heterocycles. The fourth-order valence-corrected chi connectivity index (χ4v) is 1.33. The number of hydrogen-bond donors (Lipinski definition) is 0. The maximum absolute atomic E-state index is 11.1. The molecule has 0 heterocycles. The summed E-state index contributed by atoms with van der Waals surface area (Å²) in [5.41, 5.74) is 0. The molecular formula is C8H16BrO. The van der Waals surface area contributed by atoms with Crippen molar-refractivity contribution in [1.82, 2.24) is 0 Å². The summed E-state index contributed by atoms with van der Waals surface area (Å²) in [6, 6.07) is 0. The first-order chi connectivity index (χ1) is 4.66. The summed E-state index contributed by atoms with van der Waals surface area (Å²) in [6.07, 6.45) is 3.46. The minimum atomic E-state index is -0.352. The zero-order chi connectivity index (χ0) is 7.98. The second-order valence-electron chi connectivity index (χ2n) is 2.78. The maximum atomic E-state index is 11.1. The van der Waals surface area contributed by atoms with Crippen LogP contribution in [0.3, 0.4) is 0 Å². The van der Waals surface area contributed by atoms with Gasteiger partial charge in [0.05, 0.1) is 6.10 Å². The number of rotatable bonds is 5. The lowest BCUT2D eigenvalue weighted by atomic mass is 10.1. The van der Waals surface area contributed by atoms with Gasteiger partial charge in [-0.3, -0.25) is 0 Å². The van der Waals surface area contributed by atoms with Crippen LogP contribution in [-0.2, 0) is 5.11 Å². The van der Waals surface area contributed by atoms with E-state index in [0.29, 0.717) is 4.83 Å². The molecule has 1 nitrogen and oxygen atoms in total. The van der Waals surface area contributed by atoms with Gasteiger partial charge >= 0.3 is 0 Å². The molecule has 0 bridgehead atoms. The Morgan fingerprint density at radius 3 is 2.50 bits per heavy atom. The lowest BCUT2D eigenvalue weighted by Crippen LogP contribution is -2.09. The Labute approximate surface area is 72.0 Å². The van der Waals surface area contributed by atoms with Gasteiger partial charge in [0.25, 0.3) is 0 Å². The minimum Gasteiger partial charge on any atom is -0.233 e. The summed E-state index contributed by atoms with van der Waals surface area (Å²) in [4.78, 5) is 0.381. The normalized spacial score (nSPS) is 16.8. The van der Waals surface area contributed by atoms with Gasteiger partial charge in [-0.1, -0.05) is 42.6 Å². The van der Waals surface area contributed by atoms with Crippen LogP contribution in [0.4, 0.5) is 0 Å². The molecule has 0 saturated carbocycles. The van der Waals surface area contributed by atoms with Crippen LogP contribution in [-0.4, -0.2) is 10.9 Å². The summed E-state index contributed by atoms with van der Waals surface area (Å²) in [5.74, 6) is 0. The standard InChI is InChI=1S/C8H16BrO/c1-3-4-5-8(10)6-7(2)9/h7-8H,3-6H2,1-2H3. The van der Waals surface area contributed by atoms with Crippen LogP contribution in [0.15, 0.2) is 0 Å². The number of halogens is 1. The van der Waals surface area contributed by atoms with Crippen molar-refractivity contribution in [1.29, 1.82) is 0 Å². The molecule has 0 rings (SSSR count). The Kier molecular flexibility index (Phi) is 6.44. The molecule has 10 heavy (non-hydrogen) atoms. The third kappa shape index (κ3) is 6.56. The average Bonchev–Trinajstić information content (AvgIpc) is 1.82. The second-order valence-corrected chi connectivity index (χ2v) is 4.34. The average molecular weight is 208 g/mol. The maximum Gasteiger partial charge on any atom is 0.0940 e. The smallest absolute Gasteiger partial charge is 0.0940 e. The molecule has 0 amide bonds. The zero-order valence-corrected chi connectivity index (χ0v) is 8.36. The molecule has 0 spiro atoms. The van der Waals surface area contributed by atoms with Crippen molar-refractivity contribution in [3.05, 3.63) is 0 Å². The molecule has 1 radical (unpaired) electrons. The minimum absolute atomic E-state index is 0.352. The Morgan fingerprint density at radius 2 is 2.10 bits per heavy atom. The van der Waals surface area contributed by atoms with E-state index in [-0.39, 0.29) is 6.10 Å². The molecule has 0 aliphatic rings. The van der Waals surface area contributed by atoms with Crippen molar-refractivity contribution < 1.29 is 5.11 Å². The number of unbranched alkanes of at least 4 members (excludes halogenated alkanes) is 1. The zero-order valence-electron chi connectivity index (χ0n) is 6.77. The van der Waals surface area contributed by atoms with E-state index in [1.807, 2.05) is 6.92 Å². The molecule has 0 aromatic heterocycles. The topological polar surface area (TPSA) is 19.9 Å². The van der Waals surface area contributed by atoms with E-state index in [2.05, 4.69) is 22.9 Å². The van der Waals surface area contributed by atoms with Gasteiger partial charge in [-0.2, -0.15) is 0 Å². The molecular weight excluding hydrogens is 192 g/mol. The Morgan fingerprint density at radius 1 is 1.50 bits per heavy atom. The van der Waals surface area contributed by atoms with Crippen molar-refractivity contribution in [3.8, 4) is 0 Å². The van der Waals surface area contributed by atoms with Gasteiger partial charge in [0.15, 0.2) is 0 Å². The van der Waals surface area contributed by atoms with Gasteiger partial charge in [0, 0.05) is 4.83 Å². The molecule has 0 aliphatic heterocycles. The monoisotopic (exact) mass is 207 g/mol. The molecule has 0 aromatic carbocycles. The molecule has 0 N–H and O–H groups in total. The molecule has 0 aromatic rings. The highest BCUT2D eigenvalue weighted by atomic mass is 79.9. The van der Waals surface area contributed by atoms with Gasteiger partial charge < -0.3 is 0 Å². The van der Waals surface area contributed by atoms with Gasteiger partial charge in [-0.25, -0.2) is 5.11 Å². The highest BCUT2D eigenvalue weighted by Crippen LogP contribution is 2.12. The van der Waals surface area contributed by atoms with Crippen LogP contribution in [0, 0.1) is 0 Å². The number of alkyl halides is 1. The van der Waals surface area contributed by atoms with E-state index in [0.717, 1.165) is 25.7 Å². The largest absolute Gasteiger partial charge is 0.233 e. The van der Waals surface area contributed by atoms with Crippen molar-refractivity contribution in [2.75, 3.05) is 0 Å². The van der Waals surface area contributed by atoms with E-state index >= 15 is 0 Å². The first-order valence-corrected chi connectivity index (χ1v) is 4.88. The van der Waals surface area contributed by atoms with E-state index < -0.39 is 0 Å². The molecule has 0 fully saturated rings. The van der Waals surface area contributed by atoms with E-state index in [1.54, 1.807) is 0 Å². The van der Waals surface area contributed by atoms with Gasteiger partial charge in [-0.05, 0) is 12.8 Å². The summed E-state index contributed by atoms with van der Waals surface area (Å²) in [7, 11) is 0. The third-order valence-electron chi connectivity index (χ3n) is 1.47. The predicted molar refractivity (Wildman–Crippen MR) is 47.0 cm³/mol. The SMILES string of the molecule is CCCCC([O])CC(C)Br. The molecule has 2 unspecified atom stereocenters. The Hall–Kier alpha value is 0.440. The highest BCUT2D eigenvalue weighted by molar-refractivity contribution is 9.09. The Bertz CT molecular complexity index is 73.7. The summed E-state index contributed by atoms with van der Waals surface area (Å²) >= 11 is 3.37. The van der Waals surface area contributed by atoms with Crippen LogP contribution in [0.5, 0.6) is 0 Å². The predicted octanol–water partition coefficient (Wildman–Crippen LogP) is 3.15. The van der Waals surface area contributed by atoms with Crippen molar-refractivity contribution >= 4 is 15.9 Å². The Balaban J connectivity index is 3.16. The molecule has 61 valence electrons. The fourth-order valence-electron chi connectivity index (χ4n) is 0.912. The van der Waals surface area contributed by atoms with Crippen molar-refractivity contribution in [2.45, 2.75) is 50.5 Å². The second kappa shape index (κ2) is 6.17. The first-order valence-electron chi connectivity index (χ1n) is 3.96. The van der Waals surface area contributed by atoms with Crippen LogP contribution in [0.1, 0.15) is 39.5 Å². The number of hydrogen-bond acceptors (Lipinski definition) is 0. The summed E-state index contributed by atoms with van der Waals surface area (Å²) in [5, 5.41) is 11.1. The van der Waals surface area contributed by atoms with Crippen molar-refractivity contribution in [3.63, 3.8) is 0 Å². The fraction of sp³-hybridized carbons (Fsp3) is 1.00. The summed E-state index contributed by atoms with van der Waals surface area (Å²) < 4.78 is 0. The van der Waals surface area contributed by atoms with Gasteiger partial charge in [-0.15, -0.1) is 0 Å². The van der Waals surface area contributed by atoms with Crippen LogP contribution >= 0.6 is 15.9 Å². The first kappa shape index (κ1) is 10.4. The van der Waals surface area contributed by atoms with Crippen LogP contribution in [0.25, 0.3) is 0 Å². The van der Waals surface area contributed by atoms with Crippen LogP contribution in [0.2, 0.25) is 0 Å². The lowest BCUT2D eigenvalue weighted by Gasteiger charge is -2.07. The van der Waals surface area contributed by atoms with E-state index in [1.165, 1.54) is 0 Å². The van der Waals surface area contributed by atoms with E-state index in [4.69, 9.17) is 0 Å².